The van der Waals surface area contributed by atoms with E-state index in [1.165, 1.54) is 0 Å². The van der Waals surface area contributed by atoms with Crippen molar-refractivity contribution in [3.63, 3.8) is 0 Å². The van der Waals surface area contributed by atoms with Gasteiger partial charge in [0.25, 0.3) is 0 Å². The van der Waals surface area contributed by atoms with E-state index >= 15 is 0 Å². The molecule has 2 unspecified atom stereocenters. The molecule has 2 N–H and O–H groups in total. The highest BCUT2D eigenvalue weighted by atomic mass is 32.2. The molecule has 0 heterocycles. The predicted molar refractivity (Wildman–Crippen MR) is 60.7 cm³/mol. The molecule has 4 heteroatoms. The van der Waals surface area contributed by atoms with Gasteiger partial charge in [0.05, 0.1) is 10.8 Å². The maximum atomic E-state index is 11.8. The van der Waals surface area contributed by atoms with Gasteiger partial charge in [0.15, 0.2) is 0 Å². The second kappa shape index (κ2) is 5.66. The Kier molecular flexibility index (Phi) is 4.49. The molecule has 0 fully saturated rings. The molecule has 0 spiro atoms. The molecule has 0 saturated carbocycles. The molecule has 0 radical (unpaired) electrons. The fourth-order valence-electron chi connectivity index (χ4n) is 1.25. The van der Waals surface area contributed by atoms with E-state index < -0.39 is 10.8 Å². The van der Waals surface area contributed by atoms with Gasteiger partial charge in [-0.05, 0) is 18.6 Å². The zero-order valence-electron chi connectivity index (χ0n) is 8.68. The van der Waals surface area contributed by atoms with Crippen molar-refractivity contribution in [3.8, 4) is 0 Å². The minimum Gasteiger partial charge on any atom is -0.369 e. The van der Waals surface area contributed by atoms with Gasteiger partial charge in [0.2, 0.25) is 5.91 Å². The number of rotatable bonds is 5. The van der Waals surface area contributed by atoms with Gasteiger partial charge in [-0.15, -0.1) is 0 Å². The molecular formula is C11H15NO2S. The summed E-state index contributed by atoms with van der Waals surface area (Å²) in [5, 5.41) is 0. The standard InChI is InChI=1S/C11H15NO2S/c1-2-9(11(12)13)8-15(14)10-6-4-3-5-7-10/h3-7,9H,2,8H2,1H3,(H2,12,13). The van der Waals surface area contributed by atoms with E-state index in [4.69, 9.17) is 5.73 Å². The van der Waals surface area contributed by atoms with E-state index in [1.54, 1.807) is 12.1 Å². The molecule has 1 amide bonds. The summed E-state index contributed by atoms with van der Waals surface area (Å²) in [5.74, 6) is -0.358. The van der Waals surface area contributed by atoms with Crippen LogP contribution in [0.5, 0.6) is 0 Å². The van der Waals surface area contributed by atoms with Crippen molar-refractivity contribution >= 4 is 16.7 Å². The number of nitrogens with two attached hydrogens (primary N) is 1. The fourth-order valence-corrected chi connectivity index (χ4v) is 2.67. The smallest absolute Gasteiger partial charge is 0.221 e. The van der Waals surface area contributed by atoms with Gasteiger partial charge in [0.1, 0.15) is 0 Å². The van der Waals surface area contributed by atoms with Crippen LogP contribution in [0.4, 0.5) is 0 Å². The van der Waals surface area contributed by atoms with Gasteiger partial charge in [-0.1, -0.05) is 25.1 Å². The van der Waals surface area contributed by atoms with Crippen LogP contribution in [0.2, 0.25) is 0 Å². The first-order valence-electron chi connectivity index (χ1n) is 4.88. The van der Waals surface area contributed by atoms with Crippen molar-refractivity contribution in [2.75, 3.05) is 5.75 Å². The van der Waals surface area contributed by atoms with Crippen LogP contribution in [0, 0.1) is 5.92 Å². The number of hydrogen-bond donors (Lipinski definition) is 1. The molecule has 1 rings (SSSR count). The predicted octanol–water partition coefficient (Wildman–Crippen LogP) is 1.31. The van der Waals surface area contributed by atoms with E-state index in [0.29, 0.717) is 12.2 Å². The first-order chi connectivity index (χ1) is 7.15. The average molecular weight is 225 g/mol. The van der Waals surface area contributed by atoms with E-state index in [-0.39, 0.29) is 11.8 Å². The second-order valence-corrected chi connectivity index (χ2v) is 4.83. The summed E-state index contributed by atoms with van der Waals surface area (Å²) in [5.41, 5.74) is 5.20. The lowest BCUT2D eigenvalue weighted by Gasteiger charge is -2.09. The molecule has 2 atom stereocenters. The Morgan fingerprint density at radius 1 is 1.40 bits per heavy atom. The number of carbonyl (C=O) groups is 1. The van der Waals surface area contributed by atoms with E-state index in [2.05, 4.69) is 0 Å². The van der Waals surface area contributed by atoms with Gasteiger partial charge in [-0.3, -0.25) is 9.00 Å². The summed E-state index contributed by atoms with van der Waals surface area (Å²) in [7, 11) is -1.13. The second-order valence-electron chi connectivity index (χ2n) is 3.33. The van der Waals surface area contributed by atoms with E-state index in [1.807, 2.05) is 25.1 Å². The Morgan fingerprint density at radius 3 is 2.47 bits per heavy atom. The zero-order chi connectivity index (χ0) is 11.3. The number of amides is 1. The minimum absolute atomic E-state index is 0.300. The van der Waals surface area contributed by atoms with Gasteiger partial charge in [-0.25, -0.2) is 0 Å². The maximum absolute atomic E-state index is 11.8. The lowest BCUT2D eigenvalue weighted by Crippen LogP contribution is -2.27. The fraction of sp³-hybridized carbons (Fsp3) is 0.364. The molecule has 0 bridgehead atoms. The van der Waals surface area contributed by atoms with Gasteiger partial charge in [0, 0.05) is 16.6 Å². The van der Waals surface area contributed by atoms with Crippen LogP contribution in [0.1, 0.15) is 13.3 Å². The van der Waals surface area contributed by atoms with Gasteiger partial charge in [-0.2, -0.15) is 0 Å². The van der Waals surface area contributed by atoms with Crippen molar-refractivity contribution in [2.45, 2.75) is 18.2 Å². The van der Waals surface area contributed by atoms with Crippen LogP contribution in [0.15, 0.2) is 35.2 Å². The van der Waals surface area contributed by atoms with E-state index in [9.17, 15) is 9.00 Å². The molecule has 0 saturated heterocycles. The van der Waals surface area contributed by atoms with Gasteiger partial charge < -0.3 is 5.73 Å². The lowest BCUT2D eigenvalue weighted by molar-refractivity contribution is -0.121. The van der Waals surface area contributed by atoms with Crippen LogP contribution < -0.4 is 5.73 Å². The topological polar surface area (TPSA) is 60.2 Å². The van der Waals surface area contributed by atoms with Crippen LogP contribution in [-0.2, 0) is 15.6 Å². The molecule has 1 aromatic rings. The molecule has 1 aromatic carbocycles. The quantitative estimate of drug-likeness (QED) is 0.821. The highest BCUT2D eigenvalue weighted by Crippen LogP contribution is 2.11. The third-order valence-corrected chi connectivity index (χ3v) is 3.76. The zero-order valence-corrected chi connectivity index (χ0v) is 9.50. The van der Waals surface area contributed by atoms with Crippen LogP contribution in [-0.4, -0.2) is 15.9 Å². The number of carbonyl (C=O) groups excluding carboxylic acids is 1. The third-order valence-electron chi connectivity index (χ3n) is 2.25. The number of hydrogen-bond acceptors (Lipinski definition) is 2. The van der Waals surface area contributed by atoms with Gasteiger partial charge >= 0.3 is 0 Å². The van der Waals surface area contributed by atoms with Crippen LogP contribution >= 0.6 is 0 Å². The Bertz CT molecular complexity index is 351. The van der Waals surface area contributed by atoms with Crippen LogP contribution in [0.3, 0.4) is 0 Å². The molecule has 0 aromatic heterocycles. The van der Waals surface area contributed by atoms with Crippen molar-refractivity contribution in [1.29, 1.82) is 0 Å². The summed E-state index contributed by atoms with van der Waals surface area (Å²) in [6, 6.07) is 9.12. The normalized spacial score (nSPS) is 14.5. The highest BCUT2D eigenvalue weighted by molar-refractivity contribution is 7.85. The minimum atomic E-state index is -1.13. The Labute approximate surface area is 92.1 Å². The summed E-state index contributed by atoms with van der Waals surface area (Å²) in [6.07, 6.45) is 0.633. The third kappa shape index (κ3) is 3.47. The Balaban J connectivity index is 2.67. The monoisotopic (exact) mass is 225 g/mol. The summed E-state index contributed by atoms with van der Waals surface area (Å²) < 4.78 is 11.8. The Hall–Kier alpha value is -1.16. The first kappa shape index (κ1) is 11.9. The summed E-state index contributed by atoms with van der Waals surface area (Å²) >= 11 is 0. The van der Waals surface area contributed by atoms with Crippen LogP contribution in [0.25, 0.3) is 0 Å². The molecule has 0 aliphatic rings. The Morgan fingerprint density at radius 2 is 2.00 bits per heavy atom. The summed E-state index contributed by atoms with van der Waals surface area (Å²) in [6.45, 7) is 1.87. The lowest BCUT2D eigenvalue weighted by atomic mass is 10.1. The molecular weight excluding hydrogens is 210 g/mol. The molecule has 15 heavy (non-hydrogen) atoms. The van der Waals surface area contributed by atoms with Crippen molar-refractivity contribution in [3.05, 3.63) is 30.3 Å². The largest absolute Gasteiger partial charge is 0.369 e. The molecule has 3 nitrogen and oxygen atoms in total. The molecule has 0 aliphatic carbocycles. The average Bonchev–Trinajstić information content (AvgIpc) is 2.26. The first-order valence-corrected chi connectivity index (χ1v) is 6.19. The number of benzene rings is 1. The summed E-state index contributed by atoms with van der Waals surface area (Å²) in [4.78, 5) is 11.7. The highest BCUT2D eigenvalue weighted by Gasteiger charge is 2.17. The number of primary amides is 1. The molecule has 0 aliphatic heterocycles. The van der Waals surface area contributed by atoms with Crippen molar-refractivity contribution < 1.29 is 9.00 Å². The van der Waals surface area contributed by atoms with E-state index in [0.717, 1.165) is 4.90 Å². The van der Waals surface area contributed by atoms with Crippen molar-refractivity contribution in [2.24, 2.45) is 11.7 Å². The van der Waals surface area contributed by atoms with Crippen molar-refractivity contribution in [1.82, 2.24) is 0 Å². The molecule has 82 valence electrons. The SMILES string of the molecule is CCC(CS(=O)c1ccccc1)C(N)=O. The maximum Gasteiger partial charge on any atom is 0.221 e.